The van der Waals surface area contributed by atoms with Gasteiger partial charge in [-0.25, -0.2) is 0 Å². The van der Waals surface area contributed by atoms with Crippen molar-refractivity contribution in [3.8, 4) is 0 Å². The number of unbranched alkanes of at least 4 members (excludes halogenated alkanes) is 54. The smallest absolute Gasteiger partial charge is 0.303 e. The first kappa shape index (κ1) is 101. The van der Waals surface area contributed by atoms with Crippen molar-refractivity contribution < 1.29 is 49.5 Å². The average molecular weight is 1360 g/mol. The van der Waals surface area contributed by atoms with Crippen molar-refractivity contribution in [1.82, 2.24) is 0 Å². The van der Waals surface area contributed by atoms with Gasteiger partial charge in [0, 0.05) is 32.1 Å². The van der Waals surface area contributed by atoms with Gasteiger partial charge in [-0.1, -0.05) is 372 Å². The van der Waals surface area contributed by atoms with E-state index in [2.05, 4.69) is 83.2 Å². The summed E-state index contributed by atoms with van der Waals surface area (Å²) < 4.78 is 0. The highest BCUT2D eigenvalue weighted by molar-refractivity contribution is 5.67. The Kier molecular flexibility index (Phi) is 103. The summed E-state index contributed by atoms with van der Waals surface area (Å²) in [6, 6.07) is 0. The molecule has 0 rings (SSSR count). The van der Waals surface area contributed by atoms with E-state index in [1.54, 1.807) is 0 Å². The van der Waals surface area contributed by atoms with E-state index in [4.69, 9.17) is 25.5 Å². The maximum Gasteiger partial charge on any atom is 0.303 e. The normalized spacial score (nSPS) is 11.1. The Balaban J connectivity index is -0.000000360. The SMILES string of the molecule is CCCCC/C=C\C/C=C\CCCCCCCC(=O)O.CCCCCC/C=C\CCCCCCCC(=O)O.CCCCCCCC/C=C\CCCCCCCC(=O)O.CCCCCCCCCCCCCCCC(=O)O.CCCCCCCCCCCCCCCCCC(=O)O. The number of carboxylic acids is 5. The zero-order chi connectivity index (χ0) is 71.6. The lowest BCUT2D eigenvalue weighted by atomic mass is 10.0. The number of allylic oxidation sites excluding steroid dienone is 8. The first-order valence-corrected chi connectivity index (χ1v) is 41.5. The fourth-order valence-corrected chi connectivity index (χ4v) is 11.4. The summed E-state index contributed by atoms with van der Waals surface area (Å²) in [6.07, 6.45) is 99.3. The lowest BCUT2D eigenvalue weighted by Crippen LogP contribution is -1.93. The molecule has 10 nitrogen and oxygen atoms in total. The molecule has 0 aliphatic carbocycles. The second-order valence-corrected chi connectivity index (χ2v) is 27.6. The molecular weight excluding hydrogens is 1190 g/mol. The zero-order valence-electron chi connectivity index (χ0n) is 64.5. The molecule has 0 aliphatic heterocycles. The Hall–Kier alpha value is -3.69. The number of carbonyl (C=O) groups is 5. The second kappa shape index (κ2) is 97.7. The summed E-state index contributed by atoms with van der Waals surface area (Å²) in [7, 11) is 0. The number of rotatable bonds is 72. The van der Waals surface area contributed by atoms with Crippen LogP contribution in [0.1, 0.15) is 471 Å². The predicted octanol–water partition coefficient (Wildman–Crippen LogP) is 29.2. The fraction of sp³-hybridized carbons (Fsp3) is 0.849. The number of carboxylic acid groups (broad SMARTS) is 5. The number of aliphatic carboxylic acids is 5. The third kappa shape index (κ3) is 121. The number of hydrogen-bond donors (Lipinski definition) is 5. The lowest BCUT2D eigenvalue weighted by molar-refractivity contribution is -0.138. The summed E-state index contributed by atoms with van der Waals surface area (Å²) in [5.74, 6) is -3.31. The van der Waals surface area contributed by atoms with Gasteiger partial charge in [0.15, 0.2) is 0 Å². The third-order valence-corrected chi connectivity index (χ3v) is 17.6. The molecule has 0 radical (unpaired) electrons. The largest absolute Gasteiger partial charge is 0.481 e. The van der Waals surface area contributed by atoms with Gasteiger partial charge in [0.1, 0.15) is 0 Å². The Labute approximate surface area is 596 Å². The van der Waals surface area contributed by atoms with Gasteiger partial charge in [-0.3, -0.25) is 24.0 Å². The molecule has 0 heterocycles. The first-order chi connectivity index (χ1) is 46.9. The van der Waals surface area contributed by atoms with E-state index in [1.807, 2.05) is 0 Å². The second-order valence-electron chi connectivity index (χ2n) is 27.6. The van der Waals surface area contributed by atoms with E-state index in [-0.39, 0.29) is 0 Å². The Bertz CT molecular complexity index is 1630. The summed E-state index contributed by atoms with van der Waals surface area (Å²) in [6.45, 7) is 11.3. The van der Waals surface area contributed by atoms with Crippen LogP contribution in [-0.4, -0.2) is 55.4 Å². The molecule has 0 saturated carbocycles. The van der Waals surface area contributed by atoms with Crippen molar-refractivity contribution in [3.63, 3.8) is 0 Å². The van der Waals surface area contributed by atoms with Crippen molar-refractivity contribution in [2.24, 2.45) is 0 Å². The lowest BCUT2D eigenvalue weighted by Gasteiger charge is -2.03. The minimum atomic E-state index is -0.671. The maximum absolute atomic E-state index is 10.3. The summed E-state index contributed by atoms with van der Waals surface area (Å²) in [4.78, 5) is 51.6. The summed E-state index contributed by atoms with van der Waals surface area (Å²) >= 11 is 0. The molecule has 0 saturated heterocycles. The standard InChI is InChI=1S/C18H36O2.C18H34O2.C18H32O2.C16H32O2.C16H30O2/c3*1-2-3-4-5-6-7-8-9-10-11-12-13-14-15-16-17-18(19)20;2*1-2-3-4-5-6-7-8-9-10-11-12-13-14-15-16(17)18/h2-17H2,1H3,(H,19,20);9-10H,2-8,11-17H2,1H3,(H,19,20);6-7,9-10H,2-5,8,11-17H2,1H3,(H,19,20);2-15H2,1H3,(H,17,18);7-8H,2-6,9-15H2,1H3,(H,17,18)/b;10-9-;7-6-,10-9-;;8-7-. The van der Waals surface area contributed by atoms with Crippen LogP contribution in [0, 0.1) is 0 Å². The van der Waals surface area contributed by atoms with Gasteiger partial charge in [-0.2, -0.15) is 0 Å². The quantitative estimate of drug-likeness (QED) is 0.0290. The summed E-state index contributed by atoms with van der Waals surface area (Å²) in [5, 5.41) is 42.5. The van der Waals surface area contributed by atoms with E-state index in [1.165, 1.54) is 327 Å². The van der Waals surface area contributed by atoms with E-state index in [9.17, 15) is 24.0 Å². The van der Waals surface area contributed by atoms with E-state index >= 15 is 0 Å². The monoisotopic (exact) mass is 1360 g/mol. The van der Waals surface area contributed by atoms with Crippen LogP contribution in [0.2, 0.25) is 0 Å². The van der Waals surface area contributed by atoms with E-state index < -0.39 is 29.8 Å². The van der Waals surface area contributed by atoms with Crippen molar-refractivity contribution in [2.75, 3.05) is 0 Å². The van der Waals surface area contributed by atoms with Crippen LogP contribution < -0.4 is 0 Å². The number of hydrogen-bond acceptors (Lipinski definition) is 5. The molecule has 10 heteroatoms. The van der Waals surface area contributed by atoms with Gasteiger partial charge < -0.3 is 25.5 Å². The minimum absolute atomic E-state index is 0.324. The molecule has 5 N–H and O–H groups in total. The zero-order valence-corrected chi connectivity index (χ0v) is 64.5. The molecule has 0 aromatic heterocycles. The van der Waals surface area contributed by atoms with Crippen LogP contribution in [0.25, 0.3) is 0 Å². The molecule has 0 fully saturated rings. The van der Waals surface area contributed by atoms with Crippen LogP contribution >= 0.6 is 0 Å². The highest BCUT2D eigenvalue weighted by Crippen LogP contribution is 2.17. The topological polar surface area (TPSA) is 186 Å². The Morgan fingerprint density at radius 1 is 0.167 bits per heavy atom. The van der Waals surface area contributed by atoms with Crippen molar-refractivity contribution >= 4 is 29.8 Å². The van der Waals surface area contributed by atoms with Crippen molar-refractivity contribution in [3.05, 3.63) is 48.6 Å². The molecule has 0 aliphatic rings. The van der Waals surface area contributed by atoms with Gasteiger partial charge in [-0.15, -0.1) is 0 Å². The molecule has 0 amide bonds. The van der Waals surface area contributed by atoms with E-state index in [0.29, 0.717) is 32.1 Å². The predicted molar refractivity (Wildman–Crippen MR) is 417 cm³/mol. The Morgan fingerprint density at radius 3 is 0.448 bits per heavy atom. The maximum atomic E-state index is 10.3. The molecule has 96 heavy (non-hydrogen) atoms. The average Bonchev–Trinajstić information content (AvgIpc) is 3.56. The van der Waals surface area contributed by atoms with Gasteiger partial charge >= 0.3 is 29.8 Å². The molecule has 0 atom stereocenters. The molecule has 0 aromatic rings. The molecule has 568 valence electrons. The minimum Gasteiger partial charge on any atom is -0.481 e. The summed E-state index contributed by atoms with van der Waals surface area (Å²) in [5.41, 5.74) is 0. The van der Waals surface area contributed by atoms with Crippen LogP contribution in [0.5, 0.6) is 0 Å². The molecule has 0 aromatic carbocycles. The van der Waals surface area contributed by atoms with Crippen molar-refractivity contribution in [1.29, 1.82) is 0 Å². The van der Waals surface area contributed by atoms with Gasteiger partial charge in [0.25, 0.3) is 0 Å². The highest BCUT2D eigenvalue weighted by atomic mass is 16.4. The third-order valence-electron chi connectivity index (χ3n) is 17.6. The van der Waals surface area contributed by atoms with E-state index in [0.717, 1.165) is 77.0 Å². The molecular formula is C86H164O10. The molecule has 0 bridgehead atoms. The fourth-order valence-electron chi connectivity index (χ4n) is 11.4. The van der Waals surface area contributed by atoms with Crippen LogP contribution in [0.3, 0.4) is 0 Å². The highest BCUT2D eigenvalue weighted by Gasteiger charge is 2.02. The van der Waals surface area contributed by atoms with Gasteiger partial charge in [-0.05, 0) is 116 Å². The van der Waals surface area contributed by atoms with Gasteiger partial charge in [0.2, 0.25) is 0 Å². The molecule has 0 unspecified atom stereocenters. The molecule has 0 spiro atoms. The van der Waals surface area contributed by atoms with Crippen LogP contribution in [0.15, 0.2) is 48.6 Å². The van der Waals surface area contributed by atoms with Crippen molar-refractivity contribution in [2.45, 2.75) is 471 Å². The first-order valence-electron chi connectivity index (χ1n) is 41.5. The van der Waals surface area contributed by atoms with Gasteiger partial charge in [0.05, 0.1) is 0 Å². The Morgan fingerprint density at radius 2 is 0.281 bits per heavy atom. The van der Waals surface area contributed by atoms with Crippen LogP contribution in [-0.2, 0) is 24.0 Å². The van der Waals surface area contributed by atoms with Crippen LogP contribution in [0.4, 0.5) is 0 Å².